The van der Waals surface area contributed by atoms with Gasteiger partial charge < -0.3 is 14.6 Å². The average Bonchev–Trinajstić information content (AvgIpc) is 3.35. The molecule has 7 rings (SSSR count). The van der Waals surface area contributed by atoms with Crippen LogP contribution in [0.15, 0.2) is 146 Å². The van der Waals surface area contributed by atoms with Gasteiger partial charge in [0.2, 0.25) is 0 Å². The number of fused-ring (bicyclic) bond motifs is 3. The van der Waals surface area contributed by atoms with Crippen molar-refractivity contribution in [2.45, 2.75) is 0 Å². The molecule has 0 aliphatic carbocycles. The molecule has 2 N–H and O–H groups in total. The Hall–Kier alpha value is -4.90. The Morgan fingerprint density at radius 1 is 0.400 bits per heavy atom. The Bertz CT molecular complexity index is 1940. The molecule has 0 unspecified atom stereocenters. The molecule has 3 nitrogen and oxygen atoms in total. The van der Waals surface area contributed by atoms with Crippen LogP contribution in [0.1, 0.15) is 0 Å². The Morgan fingerprint density at radius 3 is 1.30 bits per heavy atom. The van der Waals surface area contributed by atoms with Gasteiger partial charge in [-0.1, -0.05) is 109 Å². The number of hydrogen-bond donors (Lipinski definition) is 2. The monoisotopic (exact) mass is 515 g/mol. The summed E-state index contributed by atoms with van der Waals surface area (Å²) < 4.78 is 2.34. The van der Waals surface area contributed by atoms with E-state index in [9.17, 15) is 10.0 Å². The highest BCUT2D eigenvalue weighted by Gasteiger charge is 2.16. The summed E-state index contributed by atoms with van der Waals surface area (Å²) in [6, 6.07) is 50.3. The van der Waals surface area contributed by atoms with Crippen molar-refractivity contribution in [3.05, 3.63) is 146 Å². The largest absolute Gasteiger partial charge is 0.488 e. The fraction of sp³-hybridized carbons (Fsp3) is 0. The summed E-state index contributed by atoms with van der Waals surface area (Å²) in [4.78, 5) is 0. The molecular formula is C36H26BNO2. The molecule has 0 spiro atoms. The van der Waals surface area contributed by atoms with Gasteiger partial charge >= 0.3 is 7.12 Å². The van der Waals surface area contributed by atoms with E-state index in [4.69, 9.17) is 0 Å². The summed E-state index contributed by atoms with van der Waals surface area (Å²) in [7, 11) is -1.47. The molecule has 0 amide bonds. The molecule has 0 fully saturated rings. The van der Waals surface area contributed by atoms with Crippen molar-refractivity contribution >= 4 is 34.4 Å². The Kier molecular flexibility index (Phi) is 6.05. The van der Waals surface area contributed by atoms with Crippen molar-refractivity contribution < 1.29 is 10.0 Å². The predicted molar refractivity (Wildman–Crippen MR) is 167 cm³/mol. The van der Waals surface area contributed by atoms with Gasteiger partial charge in [0.05, 0.1) is 11.0 Å². The highest BCUT2D eigenvalue weighted by molar-refractivity contribution is 6.58. The fourth-order valence-corrected chi connectivity index (χ4v) is 5.57. The average molecular weight is 515 g/mol. The molecule has 6 aromatic carbocycles. The summed E-state index contributed by atoms with van der Waals surface area (Å²) in [5.41, 5.74) is 10.7. The molecule has 0 bridgehead atoms. The van der Waals surface area contributed by atoms with Gasteiger partial charge in [-0.2, -0.15) is 0 Å². The Morgan fingerprint density at radius 2 is 0.800 bits per heavy atom. The third-order valence-electron chi connectivity index (χ3n) is 7.65. The predicted octanol–water partition coefficient (Wildman–Crippen LogP) is 7.46. The van der Waals surface area contributed by atoms with Gasteiger partial charge in [-0.05, 0) is 75.2 Å². The molecule has 190 valence electrons. The van der Waals surface area contributed by atoms with Gasteiger partial charge in [-0.3, -0.25) is 0 Å². The first-order chi connectivity index (χ1) is 19.7. The number of rotatable bonds is 5. The maximum atomic E-state index is 9.51. The maximum absolute atomic E-state index is 9.51. The van der Waals surface area contributed by atoms with Crippen LogP contribution in [0.25, 0.3) is 60.9 Å². The van der Waals surface area contributed by atoms with Crippen LogP contribution >= 0.6 is 0 Å². The van der Waals surface area contributed by atoms with Crippen LogP contribution in [0.5, 0.6) is 0 Å². The minimum absolute atomic E-state index is 0.480. The first kappa shape index (κ1) is 24.2. The molecule has 0 saturated carbocycles. The molecule has 0 atom stereocenters. The lowest BCUT2D eigenvalue weighted by molar-refractivity contribution is 0.426. The molecule has 1 aromatic heterocycles. The summed E-state index contributed by atoms with van der Waals surface area (Å²) in [6.45, 7) is 0. The second kappa shape index (κ2) is 10.0. The SMILES string of the molecule is OB(O)c1ccc(-c2ccc3c(c2)c2cc(-c4ccccc4)ccc2n3-c2ccc(-c3ccccc3)cc2)cc1. The number of aromatic nitrogens is 1. The zero-order valence-electron chi connectivity index (χ0n) is 21.8. The number of benzene rings is 6. The van der Waals surface area contributed by atoms with Crippen LogP contribution in [0.3, 0.4) is 0 Å². The van der Waals surface area contributed by atoms with Gasteiger partial charge in [-0.15, -0.1) is 0 Å². The zero-order valence-corrected chi connectivity index (χ0v) is 21.8. The lowest BCUT2D eigenvalue weighted by Crippen LogP contribution is -2.29. The second-order valence-electron chi connectivity index (χ2n) is 10.1. The van der Waals surface area contributed by atoms with E-state index in [1.165, 1.54) is 33.0 Å². The van der Waals surface area contributed by atoms with E-state index >= 15 is 0 Å². The molecule has 1 heterocycles. The minimum Gasteiger partial charge on any atom is -0.423 e. The Balaban J connectivity index is 1.42. The minimum atomic E-state index is -1.47. The third kappa shape index (κ3) is 4.30. The zero-order chi connectivity index (χ0) is 27.1. The molecule has 0 aliphatic rings. The molecule has 7 aromatic rings. The lowest BCUT2D eigenvalue weighted by atomic mass is 9.80. The first-order valence-electron chi connectivity index (χ1n) is 13.4. The van der Waals surface area contributed by atoms with E-state index in [0.29, 0.717) is 5.46 Å². The van der Waals surface area contributed by atoms with Crippen LogP contribution < -0.4 is 5.46 Å². The highest BCUT2D eigenvalue weighted by atomic mass is 16.4. The van der Waals surface area contributed by atoms with Crippen molar-refractivity contribution in [2.75, 3.05) is 0 Å². The summed E-state index contributed by atoms with van der Waals surface area (Å²) in [5, 5.41) is 21.4. The standard InChI is InChI=1S/C36H26BNO2/c39-37(40)31-17-11-28(12-18-31)30-16-22-36-34(24-30)33-23-29(26-9-5-2-6-10-26)15-21-35(33)38(36)32-19-13-27(14-20-32)25-7-3-1-4-8-25/h1-24,39-40H. The van der Waals surface area contributed by atoms with Gasteiger partial charge in [0.25, 0.3) is 0 Å². The number of nitrogens with zero attached hydrogens (tertiary/aromatic N) is 1. The fourth-order valence-electron chi connectivity index (χ4n) is 5.57. The second-order valence-corrected chi connectivity index (χ2v) is 10.1. The lowest BCUT2D eigenvalue weighted by Gasteiger charge is -2.10. The normalized spacial score (nSPS) is 11.2. The van der Waals surface area contributed by atoms with Crippen molar-refractivity contribution in [1.29, 1.82) is 0 Å². The van der Waals surface area contributed by atoms with E-state index in [1.807, 2.05) is 24.3 Å². The van der Waals surface area contributed by atoms with Gasteiger partial charge in [0.1, 0.15) is 0 Å². The van der Waals surface area contributed by atoms with Crippen LogP contribution in [-0.2, 0) is 0 Å². The quantitative estimate of drug-likeness (QED) is 0.234. The van der Waals surface area contributed by atoms with Crippen molar-refractivity contribution in [3.63, 3.8) is 0 Å². The first-order valence-corrected chi connectivity index (χ1v) is 13.4. The molecular weight excluding hydrogens is 489 g/mol. The summed E-state index contributed by atoms with van der Waals surface area (Å²) >= 11 is 0. The summed E-state index contributed by atoms with van der Waals surface area (Å²) in [6.07, 6.45) is 0. The molecule has 4 heteroatoms. The van der Waals surface area contributed by atoms with E-state index in [2.05, 4.69) is 114 Å². The summed E-state index contributed by atoms with van der Waals surface area (Å²) in [5.74, 6) is 0. The van der Waals surface area contributed by atoms with Crippen LogP contribution in [0.4, 0.5) is 0 Å². The van der Waals surface area contributed by atoms with E-state index < -0.39 is 7.12 Å². The van der Waals surface area contributed by atoms with Crippen molar-refractivity contribution in [3.8, 4) is 39.1 Å². The number of hydrogen-bond acceptors (Lipinski definition) is 2. The molecule has 0 saturated heterocycles. The maximum Gasteiger partial charge on any atom is 0.488 e. The van der Waals surface area contributed by atoms with Crippen molar-refractivity contribution in [1.82, 2.24) is 4.57 Å². The van der Waals surface area contributed by atoms with Crippen LogP contribution in [-0.4, -0.2) is 21.7 Å². The molecule has 0 aliphatic heterocycles. The van der Waals surface area contributed by atoms with E-state index in [1.54, 1.807) is 12.1 Å². The van der Waals surface area contributed by atoms with Crippen LogP contribution in [0.2, 0.25) is 0 Å². The smallest absolute Gasteiger partial charge is 0.423 e. The van der Waals surface area contributed by atoms with E-state index in [0.717, 1.165) is 27.8 Å². The van der Waals surface area contributed by atoms with Crippen LogP contribution in [0, 0.1) is 0 Å². The van der Waals surface area contributed by atoms with Gasteiger partial charge in [0, 0.05) is 16.5 Å². The molecule has 40 heavy (non-hydrogen) atoms. The van der Waals surface area contributed by atoms with Gasteiger partial charge in [0.15, 0.2) is 0 Å². The third-order valence-corrected chi connectivity index (χ3v) is 7.65. The molecule has 0 radical (unpaired) electrons. The van der Waals surface area contributed by atoms with E-state index in [-0.39, 0.29) is 0 Å². The van der Waals surface area contributed by atoms with Crippen molar-refractivity contribution in [2.24, 2.45) is 0 Å². The van der Waals surface area contributed by atoms with Gasteiger partial charge in [-0.25, -0.2) is 0 Å². The topological polar surface area (TPSA) is 45.4 Å². The Labute approximate surface area is 233 Å². The highest BCUT2D eigenvalue weighted by Crippen LogP contribution is 2.37.